The summed E-state index contributed by atoms with van der Waals surface area (Å²) in [6.45, 7) is 4.49. The molecule has 0 saturated carbocycles. The summed E-state index contributed by atoms with van der Waals surface area (Å²) in [6.07, 6.45) is 1.17. The Morgan fingerprint density at radius 3 is 2.29 bits per heavy atom. The molecule has 112 valence electrons. The van der Waals surface area contributed by atoms with Crippen molar-refractivity contribution in [3.05, 3.63) is 67.7 Å². The minimum Gasteiger partial charge on any atom is -0.309 e. The predicted octanol–water partition coefficient (Wildman–Crippen LogP) is 5.77. The lowest BCUT2D eigenvalue weighted by atomic mass is 9.94. The zero-order valence-corrected chi connectivity index (χ0v) is 15.6. The van der Waals surface area contributed by atoms with Crippen molar-refractivity contribution < 1.29 is 0 Å². The van der Waals surface area contributed by atoms with Crippen LogP contribution in [0.4, 0.5) is 0 Å². The lowest BCUT2D eigenvalue weighted by Gasteiger charge is -2.20. The topological polar surface area (TPSA) is 12.0 Å². The maximum atomic E-state index is 6.16. The Morgan fingerprint density at radius 2 is 1.71 bits per heavy atom. The average Bonchev–Trinajstić information content (AvgIpc) is 2.51. The van der Waals surface area contributed by atoms with E-state index >= 15 is 0 Å². The molecule has 0 amide bonds. The van der Waals surface area contributed by atoms with Crippen molar-refractivity contribution >= 4 is 34.2 Å². The van der Waals surface area contributed by atoms with E-state index in [0.29, 0.717) is 5.92 Å². The molecule has 3 heteroatoms. The van der Waals surface area contributed by atoms with Crippen molar-refractivity contribution in [1.29, 1.82) is 0 Å². The Hall–Kier alpha value is -0.580. The fraction of sp³-hybridized carbons (Fsp3) is 0.333. The van der Waals surface area contributed by atoms with Gasteiger partial charge >= 0.3 is 0 Å². The van der Waals surface area contributed by atoms with Gasteiger partial charge < -0.3 is 5.32 Å². The van der Waals surface area contributed by atoms with Crippen LogP contribution in [0.1, 0.15) is 48.9 Å². The highest BCUT2D eigenvalue weighted by Crippen LogP contribution is 2.29. The summed E-state index contributed by atoms with van der Waals surface area (Å²) in [4.78, 5) is 0. The Balaban J connectivity index is 2.35. The maximum Gasteiger partial charge on any atom is 0.0585 e. The van der Waals surface area contributed by atoms with Crippen LogP contribution >= 0.6 is 34.2 Å². The zero-order valence-electron chi connectivity index (χ0n) is 12.7. The van der Waals surface area contributed by atoms with Gasteiger partial charge in [0.05, 0.1) is 6.04 Å². The Morgan fingerprint density at radius 1 is 1.10 bits per heavy atom. The first-order valence-corrected chi connectivity index (χ1v) is 8.74. The molecule has 2 atom stereocenters. The van der Waals surface area contributed by atoms with Crippen LogP contribution in [0, 0.1) is 3.57 Å². The molecule has 0 fully saturated rings. The lowest BCUT2D eigenvalue weighted by Crippen LogP contribution is -2.18. The van der Waals surface area contributed by atoms with Crippen LogP contribution in [-0.2, 0) is 0 Å². The Labute approximate surface area is 146 Å². The Kier molecular flexibility index (Phi) is 6.08. The van der Waals surface area contributed by atoms with Gasteiger partial charge in [0.1, 0.15) is 0 Å². The molecule has 0 radical (unpaired) electrons. The van der Waals surface area contributed by atoms with Gasteiger partial charge in [-0.3, -0.25) is 0 Å². The third kappa shape index (κ3) is 3.99. The minimum absolute atomic E-state index is 0.168. The summed E-state index contributed by atoms with van der Waals surface area (Å²) in [5.74, 6) is 0.610. The van der Waals surface area contributed by atoms with E-state index in [0.717, 1.165) is 5.02 Å². The van der Waals surface area contributed by atoms with Crippen molar-refractivity contribution in [2.75, 3.05) is 7.05 Å². The van der Waals surface area contributed by atoms with Crippen LogP contribution in [-0.4, -0.2) is 7.05 Å². The third-order valence-electron chi connectivity index (χ3n) is 4.01. The molecular formula is C18H21ClIN. The number of hydrogen-bond acceptors (Lipinski definition) is 1. The molecule has 0 aliphatic rings. The van der Waals surface area contributed by atoms with Crippen molar-refractivity contribution in [3.8, 4) is 0 Å². The van der Waals surface area contributed by atoms with Gasteiger partial charge in [-0.05, 0) is 76.9 Å². The highest BCUT2D eigenvalue weighted by atomic mass is 127. The van der Waals surface area contributed by atoms with Gasteiger partial charge in [-0.2, -0.15) is 0 Å². The number of nitrogens with one attached hydrogen (secondary N) is 1. The second-order valence-electron chi connectivity index (χ2n) is 5.36. The molecule has 2 aromatic rings. The molecule has 0 spiro atoms. The van der Waals surface area contributed by atoms with Crippen LogP contribution in [0.15, 0.2) is 42.5 Å². The summed E-state index contributed by atoms with van der Waals surface area (Å²) in [5, 5.41) is 4.18. The van der Waals surface area contributed by atoms with Crippen molar-refractivity contribution in [1.82, 2.24) is 5.32 Å². The van der Waals surface area contributed by atoms with E-state index in [1.807, 2.05) is 19.2 Å². The highest BCUT2D eigenvalue weighted by molar-refractivity contribution is 14.1. The van der Waals surface area contributed by atoms with E-state index in [1.165, 1.54) is 26.7 Å². The molecule has 0 aromatic heterocycles. The third-order valence-corrected chi connectivity index (χ3v) is 5.23. The van der Waals surface area contributed by atoms with Gasteiger partial charge in [-0.25, -0.2) is 0 Å². The molecule has 0 aliphatic heterocycles. The van der Waals surface area contributed by atoms with E-state index in [2.05, 4.69) is 72.1 Å². The van der Waals surface area contributed by atoms with Crippen LogP contribution in [0.25, 0.3) is 0 Å². The second-order valence-corrected chi connectivity index (χ2v) is 6.96. The number of benzene rings is 2. The molecule has 1 nitrogen and oxygen atoms in total. The Bertz CT molecular complexity index is 595. The van der Waals surface area contributed by atoms with E-state index in [9.17, 15) is 0 Å². The van der Waals surface area contributed by atoms with Gasteiger partial charge in [0.25, 0.3) is 0 Å². The van der Waals surface area contributed by atoms with Crippen molar-refractivity contribution in [3.63, 3.8) is 0 Å². The molecule has 2 unspecified atom stereocenters. The van der Waals surface area contributed by atoms with Gasteiger partial charge in [-0.15, -0.1) is 0 Å². The molecule has 21 heavy (non-hydrogen) atoms. The maximum absolute atomic E-state index is 6.16. The quantitative estimate of drug-likeness (QED) is 0.614. The first-order chi connectivity index (χ1) is 10.1. The fourth-order valence-corrected chi connectivity index (χ4v) is 3.32. The van der Waals surface area contributed by atoms with E-state index in [4.69, 9.17) is 11.6 Å². The summed E-state index contributed by atoms with van der Waals surface area (Å²) >= 11 is 8.53. The van der Waals surface area contributed by atoms with Crippen molar-refractivity contribution in [2.24, 2.45) is 0 Å². The molecule has 0 aliphatic carbocycles. The van der Waals surface area contributed by atoms with Crippen LogP contribution in [0.3, 0.4) is 0 Å². The molecule has 0 bridgehead atoms. The zero-order chi connectivity index (χ0) is 15.4. The first-order valence-electron chi connectivity index (χ1n) is 7.28. The van der Waals surface area contributed by atoms with Crippen LogP contribution in [0.2, 0.25) is 5.02 Å². The standard InChI is InChI=1S/C18H21ClIN/c1-4-12(2)13-5-7-14(8-6-13)18(21-3)16-11-15(19)9-10-17(16)20/h5-12,18,21H,4H2,1-3H3. The lowest BCUT2D eigenvalue weighted by molar-refractivity contribution is 0.685. The second kappa shape index (κ2) is 7.61. The smallest absolute Gasteiger partial charge is 0.0585 e. The number of rotatable bonds is 5. The SMILES string of the molecule is CCC(C)c1ccc(C(NC)c2cc(Cl)ccc2I)cc1. The molecule has 0 heterocycles. The number of hydrogen-bond donors (Lipinski definition) is 1. The summed E-state index contributed by atoms with van der Waals surface area (Å²) < 4.78 is 1.22. The minimum atomic E-state index is 0.168. The van der Waals surface area contributed by atoms with E-state index < -0.39 is 0 Å². The average molecular weight is 414 g/mol. The van der Waals surface area contributed by atoms with E-state index in [-0.39, 0.29) is 6.04 Å². The predicted molar refractivity (Wildman–Crippen MR) is 100 cm³/mol. The molecule has 2 rings (SSSR count). The molecule has 1 N–H and O–H groups in total. The largest absolute Gasteiger partial charge is 0.309 e. The molecule has 0 saturated heterocycles. The van der Waals surface area contributed by atoms with E-state index in [1.54, 1.807) is 0 Å². The first kappa shape index (κ1) is 16.8. The van der Waals surface area contributed by atoms with Gasteiger partial charge in [-0.1, -0.05) is 49.7 Å². The monoisotopic (exact) mass is 413 g/mol. The fourth-order valence-electron chi connectivity index (χ4n) is 2.49. The van der Waals surface area contributed by atoms with Crippen LogP contribution < -0.4 is 5.32 Å². The van der Waals surface area contributed by atoms with Crippen LogP contribution in [0.5, 0.6) is 0 Å². The summed E-state index contributed by atoms with van der Waals surface area (Å²) in [7, 11) is 1.99. The van der Waals surface area contributed by atoms with Gasteiger partial charge in [0.15, 0.2) is 0 Å². The van der Waals surface area contributed by atoms with Crippen molar-refractivity contribution in [2.45, 2.75) is 32.2 Å². The van der Waals surface area contributed by atoms with Gasteiger partial charge in [0, 0.05) is 8.59 Å². The summed E-state index contributed by atoms with van der Waals surface area (Å²) in [5.41, 5.74) is 3.89. The van der Waals surface area contributed by atoms with Gasteiger partial charge in [0.2, 0.25) is 0 Å². The number of halogens is 2. The molecule has 2 aromatic carbocycles. The summed E-state index contributed by atoms with van der Waals surface area (Å²) in [6, 6.07) is 15.1. The highest BCUT2D eigenvalue weighted by Gasteiger charge is 2.15. The molecular weight excluding hydrogens is 393 g/mol. The normalized spacial score (nSPS) is 14.0.